The number of rotatable bonds is 3. The normalized spacial score (nSPS) is 12.0. The zero-order chi connectivity index (χ0) is 16.8. The lowest BCUT2D eigenvalue weighted by Gasteiger charge is -2.07. The molecule has 3 aromatic rings. The second-order valence-electron chi connectivity index (χ2n) is 5.21. The predicted octanol–water partition coefficient (Wildman–Crippen LogP) is 3.40. The van der Waals surface area contributed by atoms with E-state index in [4.69, 9.17) is 0 Å². The number of hydrogen-bond donors (Lipinski definition) is 1. The topological polar surface area (TPSA) is 68.2 Å². The number of amides is 1. The van der Waals surface area contributed by atoms with E-state index in [0.717, 1.165) is 37.0 Å². The Hall–Kier alpha value is -1.38. The summed E-state index contributed by atoms with van der Waals surface area (Å²) in [4.78, 5) is 12.0. The van der Waals surface area contributed by atoms with Crippen molar-refractivity contribution in [1.29, 1.82) is 0 Å². The van der Waals surface area contributed by atoms with Crippen LogP contribution in [0.5, 0.6) is 0 Å². The highest BCUT2D eigenvalue weighted by Crippen LogP contribution is 2.32. The van der Waals surface area contributed by atoms with Crippen molar-refractivity contribution in [2.75, 3.05) is 6.26 Å². The largest absolute Gasteiger partial charge is 0.331 e. The minimum Gasteiger partial charge on any atom is -0.331 e. The van der Waals surface area contributed by atoms with Crippen LogP contribution in [-0.2, 0) is 21.4 Å². The average Bonchev–Trinajstić information content (AvgIpc) is 2.70. The second kappa shape index (κ2) is 5.92. The summed E-state index contributed by atoms with van der Waals surface area (Å²) in [6, 6.07) is 11.6. The van der Waals surface area contributed by atoms with Crippen molar-refractivity contribution in [2.45, 2.75) is 6.54 Å². The fourth-order valence-corrected chi connectivity index (χ4v) is 3.80. The van der Waals surface area contributed by atoms with Crippen molar-refractivity contribution in [3.8, 4) is 0 Å². The van der Waals surface area contributed by atoms with E-state index in [1.807, 2.05) is 45.7 Å². The first-order valence-electron chi connectivity index (χ1n) is 6.62. The SMILES string of the molecule is CS(=O)(=O)NC(=O)Cn1c2ccc(Br)cc2c2cc(Br)ccc21. The van der Waals surface area contributed by atoms with Crippen LogP contribution >= 0.6 is 31.9 Å². The lowest BCUT2D eigenvalue weighted by atomic mass is 10.2. The Bertz CT molecular complexity index is 982. The first-order chi connectivity index (χ1) is 10.7. The third-order valence-corrected chi connectivity index (χ3v) is 4.97. The van der Waals surface area contributed by atoms with E-state index in [1.165, 1.54) is 0 Å². The Kier molecular flexibility index (Phi) is 4.24. The van der Waals surface area contributed by atoms with E-state index in [2.05, 4.69) is 31.9 Å². The molecule has 0 aliphatic rings. The van der Waals surface area contributed by atoms with Crippen molar-refractivity contribution in [2.24, 2.45) is 0 Å². The number of hydrogen-bond acceptors (Lipinski definition) is 3. The summed E-state index contributed by atoms with van der Waals surface area (Å²) in [5, 5.41) is 1.98. The van der Waals surface area contributed by atoms with Gasteiger partial charge in [-0.05, 0) is 36.4 Å². The Labute approximate surface area is 150 Å². The van der Waals surface area contributed by atoms with Crippen LogP contribution < -0.4 is 4.72 Å². The standard InChI is InChI=1S/C15H12Br2N2O3S/c1-23(21,22)18-15(20)8-19-13-4-2-9(16)6-11(13)12-7-10(17)3-5-14(12)19/h2-7H,8H2,1H3,(H,18,20). The van der Waals surface area contributed by atoms with Gasteiger partial charge in [-0.25, -0.2) is 8.42 Å². The molecular weight excluding hydrogens is 448 g/mol. The predicted molar refractivity (Wildman–Crippen MR) is 97.8 cm³/mol. The quantitative estimate of drug-likeness (QED) is 0.652. The van der Waals surface area contributed by atoms with E-state index in [9.17, 15) is 13.2 Å². The summed E-state index contributed by atoms with van der Waals surface area (Å²) in [6.07, 6.45) is 0.963. The van der Waals surface area contributed by atoms with Gasteiger partial charge in [0.25, 0.3) is 5.91 Å². The minimum absolute atomic E-state index is 0.0731. The molecule has 0 saturated heterocycles. The van der Waals surface area contributed by atoms with E-state index in [-0.39, 0.29) is 6.54 Å². The Balaban J connectivity index is 2.20. The van der Waals surface area contributed by atoms with Gasteiger partial charge in [0.2, 0.25) is 10.0 Å². The van der Waals surface area contributed by atoms with Crippen molar-refractivity contribution >= 4 is 69.6 Å². The smallest absolute Gasteiger partial charge is 0.253 e. The molecule has 0 fully saturated rings. The van der Waals surface area contributed by atoms with Crippen molar-refractivity contribution in [1.82, 2.24) is 9.29 Å². The molecule has 1 N–H and O–H groups in total. The van der Waals surface area contributed by atoms with Crippen LogP contribution in [0.1, 0.15) is 0 Å². The van der Waals surface area contributed by atoms with Crippen molar-refractivity contribution in [3.05, 3.63) is 45.3 Å². The summed E-state index contributed by atoms with van der Waals surface area (Å²) in [7, 11) is -3.57. The molecule has 0 atom stereocenters. The molecule has 0 radical (unpaired) electrons. The summed E-state index contributed by atoms with van der Waals surface area (Å²) >= 11 is 6.91. The van der Waals surface area contributed by atoms with Crippen LogP contribution in [-0.4, -0.2) is 25.1 Å². The first-order valence-corrected chi connectivity index (χ1v) is 10.1. The van der Waals surface area contributed by atoms with E-state index >= 15 is 0 Å². The van der Waals surface area contributed by atoms with E-state index in [1.54, 1.807) is 0 Å². The molecule has 0 unspecified atom stereocenters. The number of carbonyl (C=O) groups excluding carboxylic acids is 1. The van der Waals surface area contributed by atoms with Gasteiger partial charge in [0, 0.05) is 30.8 Å². The number of aromatic nitrogens is 1. The fraction of sp³-hybridized carbons (Fsp3) is 0.133. The summed E-state index contributed by atoms with van der Waals surface area (Å²) in [5.41, 5.74) is 1.73. The molecule has 0 aliphatic heterocycles. The zero-order valence-corrected chi connectivity index (χ0v) is 16.0. The van der Waals surface area contributed by atoms with Gasteiger partial charge in [0.05, 0.1) is 6.26 Å². The molecule has 0 bridgehead atoms. The van der Waals surface area contributed by atoms with Crippen molar-refractivity contribution < 1.29 is 13.2 Å². The Morgan fingerprint density at radius 3 is 1.96 bits per heavy atom. The van der Waals surface area contributed by atoms with E-state index in [0.29, 0.717) is 0 Å². The monoisotopic (exact) mass is 458 g/mol. The van der Waals surface area contributed by atoms with Gasteiger partial charge < -0.3 is 4.57 Å². The number of nitrogens with one attached hydrogen (secondary N) is 1. The number of benzene rings is 2. The minimum atomic E-state index is -3.57. The summed E-state index contributed by atoms with van der Waals surface area (Å²) < 4.78 is 28.1. The molecule has 0 saturated carbocycles. The van der Waals surface area contributed by atoms with Gasteiger partial charge in [-0.3, -0.25) is 9.52 Å². The molecule has 1 heterocycles. The van der Waals surface area contributed by atoms with Crippen LogP contribution in [0.25, 0.3) is 21.8 Å². The van der Waals surface area contributed by atoms with Gasteiger partial charge in [0.1, 0.15) is 6.54 Å². The first kappa shape index (κ1) is 16.5. The fourth-order valence-electron chi connectivity index (χ4n) is 2.60. The number of halogens is 2. The molecular formula is C15H12Br2N2O3S. The Morgan fingerprint density at radius 2 is 1.52 bits per heavy atom. The molecule has 1 amide bonds. The lowest BCUT2D eigenvalue weighted by Crippen LogP contribution is -2.32. The van der Waals surface area contributed by atoms with Crippen molar-refractivity contribution in [3.63, 3.8) is 0 Å². The van der Waals surface area contributed by atoms with Gasteiger partial charge >= 0.3 is 0 Å². The second-order valence-corrected chi connectivity index (χ2v) is 8.79. The highest BCUT2D eigenvalue weighted by atomic mass is 79.9. The number of carbonyl (C=O) groups is 1. The van der Waals surface area contributed by atoms with Gasteiger partial charge in [-0.1, -0.05) is 31.9 Å². The molecule has 5 nitrogen and oxygen atoms in total. The molecule has 23 heavy (non-hydrogen) atoms. The van der Waals surface area contributed by atoms with Gasteiger partial charge in [0.15, 0.2) is 0 Å². The molecule has 0 spiro atoms. The number of fused-ring (bicyclic) bond motifs is 3. The van der Waals surface area contributed by atoms with Crippen LogP contribution in [0.15, 0.2) is 45.3 Å². The molecule has 2 aromatic carbocycles. The average molecular weight is 460 g/mol. The highest BCUT2D eigenvalue weighted by Gasteiger charge is 2.15. The van der Waals surface area contributed by atoms with E-state index < -0.39 is 15.9 Å². The Morgan fingerprint density at radius 1 is 1.04 bits per heavy atom. The zero-order valence-electron chi connectivity index (χ0n) is 12.0. The molecule has 1 aromatic heterocycles. The van der Waals surface area contributed by atoms with Gasteiger partial charge in [-0.15, -0.1) is 0 Å². The lowest BCUT2D eigenvalue weighted by molar-refractivity contribution is -0.119. The number of sulfonamides is 1. The molecule has 3 rings (SSSR count). The summed E-state index contributed by atoms with van der Waals surface area (Å²) in [5.74, 6) is -0.572. The molecule has 0 aliphatic carbocycles. The molecule has 120 valence electrons. The van der Waals surface area contributed by atoms with Gasteiger partial charge in [-0.2, -0.15) is 0 Å². The highest BCUT2D eigenvalue weighted by molar-refractivity contribution is 9.10. The number of nitrogens with zero attached hydrogens (tertiary/aromatic N) is 1. The van der Waals surface area contributed by atoms with Crippen LogP contribution in [0.3, 0.4) is 0 Å². The maximum absolute atomic E-state index is 12.0. The maximum atomic E-state index is 12.0. The molecule has 8 heteroatoms. The van der Waals surface area contributed by atoms with Crippen LogP contribution in [0.4, 0.5) is 0 Å². The summed E-state index contributed by atoms with van der Waals surface area (Å²) in [6.45, 7) is -0.0731. The maximum Gasteiger partial charge on any atom is 0.253 e. The van der Waals surface area contributed by atoms with Crippen LogP contribution in [0.2, 0.25) is 0 Å². The third-order valence-electron chi connectivity index (χ3n) is 3.39. The van der Waals surface area contributed by atoms with Crippen LogP contribution in [0, 0.1) is 0 Å². The third kappa shape index (κ3) is 3.44.